The molecule has 0 radical (unpaired) electrons. The highest BCUT2D eigenvalue weighted by atomic mass is 19.1. The lowest BCUT2D eigenvalue weighted by molar-refractivity contribution is 0.0199. The van der Waals surface area contributed by atoms with Crippen LogP contribution < -0.4 is 0 Å². The number of carbonyl (C=O) groups is 2. The van der Waals surface area contributed by atoms with E-state index in [1.54, 1.807) is 24.0 Å². The number of ether oxygens (including phenoxy) is 2. The third-order valence-electron chi connectivity index (χ3n) is 5.56. The van der Waals surface area contributed by atoms with E-state index in [0.717, 1.165) is 0 Å². The molecular formula is C25H28FN3O6. The smallest absolute Gasteiger partial charge is 0.410 e. The number of rotatable bonds is 5. The number of hydrogen-bond acceptors (Lipinski definition) is 8. The second-order valence-electron chi connectivity index (χ2n) is 9.28. The van der Waals surface area contributed by atoms with E-state index in [0.29, 0.717) is 48.5 Å². The third kappa shape index (κ3) is 5.52. The standard InChI is InChI=1S/C25H28FN3O6/c1-5-32-23(30)18-14-33-22(27-18)19-20(15-6-8-17(26)9-7-15)28-35-21(19)16-10-12-29(13-11-16)24(31)34-25(2,3)4/h6-9,14,16H,5,10-13H2,1-4H3. The molecule has 3 heterocycles. The maximum atomic E-state index is 13.5. The van der Waals surface area contributed by atoms with Gasteiger partial charge in [-0.25, -0.2) is 19.0 Å². The second kappa shape index (κ2) is 9.89. The van der Waals surface area contributed by atoms with E-state index in [4.69, 9.17) is 18.4 Å². The molecule has 1 saturated heterocycles. The SMILES string of the molecule is CCOC(=O)c1coc(-c2c(-c3ccc(F)cc3)noc2C2CCN(C(=O)OC(C)(C)C)CC2)n1. The van der Waals surface area contributed by atoms with Gasteiger partial charge < -0.3 is 23.3 Å². The maximum Gasteiger partial charge on any atom is 0.410 e. The number of amides is 1. The average Bonchev–Trinajstić information content (AvgIpc) is 3.46. The first-order valence-corrected chi connectivity index (χ1v) is 11.5. The minimum Gasteiger partial charge on any atom is -0.461 e. The van der Waals surface area contributed by atoms with Crippen molar-refractivity contribution in [3.8, 4) is 22.7 Å². The Morgan fingerprint density at radius 1 is 1.17 bits per heavy atom. The van der Waals surface area contributed by atoms with Crippen molar-refractivity contribution in [3.05, 3.63) is 47.8 Å². The van der Waals surface area contributed by atoms with E-state index in [9.17, 15) is 14.0 Å². The largest absolute Gasteiger partial charge is 0.461 e. The highest BCUT2D eigenvalue weighted by molar-refractivity contribution is 5.88. The Hall–Kier alpha value is -3.69. The van der Waals surface area contributed by atoms with Gasteiger partial charge in [-0.1, -0.05) is 5.16 Å². The number of aromatic nitrogens is 2. The minimum atomic E-state index is -0.602. The van der Waals surface area contributed by atoms with Gasteiger partial charge in [0.15, 0.2) is 11.5 Å². The summed E-state index contributed by atoms with van der Waals surface area (Å²) in [5.41, 5.74) is 0.976. The van der Waals surface area contributed by atoms with Gasteiger partial charge in [-0.15, -0.1) is 0 Å². The van der Waals surface area contributed by atoms with Crippen LogP contribution >= 0.6 is 0 Å². The van der Waals surface area contributed by atoms with Crippen molar-refractivity contribution in [2.24, 2.45) is 0 Å². The molecule has 1 amide bonds. The fourth-order valence-electron chi connectivity index (χ4n) is 3.93. The molecule has 2 aromatic heterocycles. The summed E-state index contributed by atoms with van der Waals surface area (Å²) in [5, 5.41) is 4.24. The van der Waals surface area contributed by atoms with E-state index in [-0.39, 0.29) is 36.0 Å². The van der Waals surface area contributed by atoms with Gasteiger partial charge in [0.25, 0.3) is 0 Å². The molecule has 1 aliphatic rings. The molecule has 1 aliphatic heterocycles. The monoisotopic (exact) mass is 485 g/mol. The van der Waals surface area contributed by atoms with E-state index in [1.165, 1.54) is 18.4 Å². The number of hydrogen-bond donors (Lipinski definition) is 0. The van der Waals surface area contributed by atoms with Gasteiger partial charge in [0.05, 0.1) is 6.61 Å². The summed E-state index contributed by atoms with van der Waals surface area (Å²) in [5.74, 6) is -0.379. The summed E-state index contributed by atoms with van der Waals surface area (Å²) >= 11 is 0. The molecule has 0 atom stereocenters. The Bertz CT molecular complexity index is 1190. The van der Waals surface area contributed by atoms with Crippen molar-refractivity contribution in [2.45, 2.75) is 52.1 Å². The van der Waals surface area contributed by atoms with E-state index in [2.05, 4.69) is 10.1 Å². The van der Waals surface area contributed by atoms with E-state index < -0.39 is 11.6 Å². The van der Waals surface area contributed by atoms with Crippen molar-refractivity contribution in [1.29, 1.82) is 0 Å². The lowest BCUT2D eigenvalue weighted by atomic mass is 9.90. The van der Waals surface area contributed by atoms with Crippen LogP contribution in [0.3, 0.4) is 0 Å². The molecule has 3 aromatic rings. The number of oxazole rings is 1. The number of carbonyl (C=O) groups excluding carboxylic acids is 2. The second-order valence-corrected chi connectivity index (χ2v) is 9.28. The zero-order valence-corrected chi connectivity index (χ0v) is 20.2. The number of esters is 1. The van der Waals surface area contributed by atoms with Crippen LogP contribution in [0.5, 0.6) is 0 Å². The van der Waals surface area contributed by atoms with Crippen LogP contribution in [-0.2, 0) is 9.47 Å². The number of nitrogens with zero attached hydrogens (tertiary/aromatic N) is 3. The van der Waals surface area contributed by atoms with Gasteiger partial charge in [0.2, 0.25) is 5.89 Å². The molecule has 0 unspecified atom stereocenters. The predicted molar refractivity (Wildman–Crippen MR) is 123 cm³/mol. The van der Waals surface area contributed by atoms with Gasteiger partial charge in [-0.2, -0.15) is 0 Å². The lowest BCUT2D eigenvalue weighted by Crippen LogP contribution is -2.41. The Labute approximate surface area is 202 Å². The quantitative estimate of drug-likeness (QED) is 0.441. The minimum absolute atomic E-state index is 0.0267. The topological polar surface area (TPSA) is 108 Å². The molecule has 0 bridgehead atoms. The molecule has 0 N–H and O–H groups in total. The van der Waals surface area contributed by atoms with Crippen LogP contribution in [-0.4, -0.2) is 52.4 Å². The normalized spacial score (nSPS) is 14.7. The fourth-order valence-corrected chi connectivity index (χ4v) is 3.93. The van der Waals surface area contributed by atoms with Crippen LogP contribution in [0, 0.1) is 5.82 Å². The Morgan fingerprint density at radius 3 is 2.49 bits per heavy atom. The van der Waals surface area contributed by atoms with Crippen LogP contribution in [0.1, 0.15) is 62.7 Å². The number of halogens is 1. The zero-order valence-electron chi connectivity index (χ0n) is 20.2. The van der Waals surface area contributed by atoms with Crippen LogP contribution in [0.25, 0.3) is 22.7 Å². The fraction of sp³-hybridized carbons (Fsp3) is 0.440. The molecule has 35 heavy (non-hydrogen) atoms. The Balaban J connectivity index is 1.64. The summed E-state index contributed by atoms with van der Waals surface area (Å²) in [7, 11) is 0. The van der Waals surface area contributed by atoms with Crippen molar-refractivity contribution >= 4 is 12.1 Å². The van der Waals surface area contributed by atoms with Gasteiger partial charge in [-0.05, 0) is 64.8 Å². The first kappa shape index (κ1) is 24.4. The van der Waals surface area contributed by atoms with Crippen molar-refractivity contribution in [3.63, 3.8) is 0 Å². The maximum absolute atomic E-state index is 13.5. The molecular weight excluding hydrogens is 457 g/mol. The predicted octanol–water partition coefficient (Wildman–Crippen LogP) is 5.43. The van der Waals surface area contributed by atoms with Crippen molar-refractivity contribution < 1.29 is 32.4 Å². The molecule has 4 rings (SSSR count). The van der Waals surface area contributed by atoms with Gasteiger partial charge in [-0.3, -0.25) is 0 Å². The van der Waals surface area contributed by atoms with Crippen LogP contribution in [0.15, 0.2) is 39.5 Å². The third-order valence-corrected chi connectivity index (χ3v) is 5.56. The molecule has 0 spiro atoms. The van der Waals surface area contributed by atoms with E-state index >= 15 is 0 Å². The van der Waals surface area contributed by atoms with Gasteiger partial charge >= 0.3 is 12.1 Å². The molecule has 1 fully saturated rings. The zero-order chi connectivity index (χ0) is 25.2. The molecule has 0 saturated carbocycles. The number of likely N-dealkylation sites (tertiary alicyclic amines) is 1. The van der Waals surface area contributed by atoms with Gasteiger partial charge in [0, 0.05) is 24.6 Å². The lowest BCUT2D eigenvalue weighted by Gasteiger charge is -2.32. The van der Waals surface area contributed by atoms with Crippen molar-refractivity contribution in [2.75, 3.05) is 19.7 Å². The first-order chi connectivity index (χ1) is 16.7. The summed E-state index contributed by atoms with van der Waals surface area (Å²) in [6.45, 7) is 8.35. The highest BCUT2D eigenvalue weighted by Crippen LogP contribution is 2.41. The van der Waals surface area contributed by atoms with Crippen LogP contribution in [0.4, 0.5) is 9.18 Å². The highest BCUT2D eigenvalue weighted by Gasteiger charge is 2.34. The number of benzene rings is 1. The molecule has 186 valence electrons. The average molecular weight is 486 g/mol. The van der Waals surface area contributed by atoms with Crippen molar-refractivity contribution in [1.82, 2.24) is 15.0 Å². The molecule has 0 aliphatic carbocycles. The summed E-state index contributed by atoms with van der Waals surface area (Å²) < 4.78 is 35.4. The molecule has 1 aromatic carbocycles. The Kier molecular flexibility index (Phi) is 6.90. The summed E-state index contributed by atoms with van der Waals surface area (Å²) in [6, 6.07) is 5.82. The molecule has 10 heteroatoms. The summed E-state index contributed by atoms with van der Waals surface area (Å²) in [4.78, 5) is 30.6. The van der Waals surface area contributed by atoms with Gasteiger partial charge in [0.1, 0.15) is 28.9 Å². The summed E-state index contributed by atoms with van der Waals surface area (Å²) in [6.07, 6.45) is 2.09. The number of piperidine rings is 1. The first-order valence-electron chi connectivity index (χ1n) is 11.5. The van der Waals surface area contributed by atoms with E-state index in [1.807, 2.05) is 20.8 Å². The van der Waals surface area contributed by atoms with Crippen LogP contribution in [0.2, 0.25) is 0 Å². The molecule has 9 nitrogen and oxygen atoms in total. The Morgan fingerprint density at radius 2 is 1.86 bits per heavy atom.